The molecule has 0 N–H and O–H groups in total. The van der Waals surface area contributed by atoms with E-state index in [2.05, 4.69) is 26.0 Å². The molecule has 3 heteroatoms. The highest BCUT2D eigenvalue weighted by atomic mass is 19.1. The fourth-order valence-electron chi connectivity index (χ4n) is 3.63. The van der Waals surface area contributed by atoms with Crippen LogP contribution >= 0.6 is 0 Å². The fourth-order valence-corrected chi connectivity index (χ4v) is 3.63. The molecule has 1 aliphatic rings. The largest absolute Gasteiger partial charge is 0.491 e. The van der Waals surface area contributed by atoms with Crippen molar-refractivity contribution in [2.75, 3.05) is 6.61 Å². The minimum absolute atomic E-state index is 0.214. The number of hydrogen-bond donors (Lipinski definition) is 0. The molecular weight excluding hydrogens is 363 g/mol. The van der Waals surface area contributed by atoms with Gasteiger partial charge >= 0.3 is 0 Å². The van der Waals surface area contributed by atoms with Gasteiger partial charge in [0, 0.05) is 5.56 Å². The van der Waals surface area contributed by atoms with Gasteiger partial charge in [-0.15, -0.1) is 0 Å². The third-order valence-corrected chi connectivity index (χ3v) is 5.51. The molecule has 0 radical (unpaired) electrons. The quantitative estimate of drug-likeness (QED) is 0.401. The van der Waals surface area contributed by atoms with Gasteiger partial charge in [0.1, 0.15) is 24.3 Å². The molecule has 0 aromatic heterocycles. The summed E-state index contributed by atoms with van der Waals surface area (Å²) in [7, 11) is 0. The summed E-state index contributed by atoms with van der Waals surface area (Å²) >= 11 is 0. The van der Waals surface area contributed by atoms with Crippen LogP contribution in [0, 0.1) is 5.82 Å². The first kappa shape index (κ1) is 19.7. The second-order valence-electron chi connectivity index (χ2n) is 7.58. The summed E-state index contributed by atoms with van der Waals surface area (Å²) in [5.74, 6) is 0.567. The molecule has 1 heterocycles. The molecule has 3 aromatic rings. The molecule has 1 unspecified atom stereocenters. The molecule has 0 aliphatic carbocycles. The molecule has 2 nitrogen and oxygen atoms in total. The number of ether oxygens (including phenoxy) is 2. The van der Waals surface area contributed by atoms with E-state index in [-0.39, 0.29) is 11.9 Å². The Morgan fingerprint density at radius 3 is 2.17 bits per heavy atom. The Kier molecular flexibility index (Phi) is 5.96. The maximum Gasteiger partial charge on any atom is 0.131 e. The van der Waals surface area contributed by atoms with Crippen LogP contribution in [0.5, 0.6) is 5.75 Å². The van der Waals surface area contributed by atoms with Crippen molar-refractivity contribution in [1.82, 2.24) is 0 Å². The maximum atomic E-state index is 14.8. The number of hydrogen-bond acceptors (Lipinski definition) is 2. The van der Waals surface area contributed by atoms with Gasteiger partial charge in [-0.3, -0.25) is 0 Å². The van der Waals surface area contributed by atoms with E-state index < -0.39 is 0 Å². The minimum atomic E-state index is -0.218. The fraction of sp³-hybridized carbons (Fsp3) is 0.308. The standard InChI is InChI=1S/C26H27FO2/c1-3-5-25-26(29-25)17-28-22-13-10-20(11-14-22)23-15-12-21(16-24(23)27)19-8-6-18(4-2)7-9-19/h6-16,25-26H,3-5,17H2,1-2H3/t25?,26-/m0/s1. The van der Waals surface area contributed by atoms with Crippen molar-refractivity contribution in [3.63, 3.8) is 0 Å². The number of aryl methyl sites for hydroxylation is 1. The van der Waals surface area contributed by atoms with Gasteiger partial charge < -0.3 is 9.47 Å². The second-order valence-corrected chi connectivity index (χ2v) is 7.58. The van der Waals surface area contributed by atoms with E-state index in [4.69, 9.17) is 9.47 Å². The highest BCUT2D eigenvalue weighted by Gasteiger charge is 2.38. The monoisotopic (exact) mass is 390 g/mol. The van der Waals surface area contributed by atoms with Gasteiger partial charge in [-0.1, -0.05) is 68.8 Å². The van der Waals surface area contributed by atoms with Crippen molar-refractivity contribution in [3.05, 3.63) is 78.1 Å². The van der Waals surface area contributed by atoms with Crippen molar-refractivity contribution < 1.29 is 13.9 Å². The molecule has 0 saturated carbocycles. The van der Waals surface area contributed by atoms with Gasteiger partial charge in [0.05, 0.1) is 6.10 Å². The Hall–Kier alpha value is -2.65. The van der Waals surface area contributed by atoms with Gasteiger partial charge in [-0.05, 0) is 53.3 Å². The Morgan fingerprint density at radius 1 is 0.828 bits per heavy atom. The van der Waals surface area contributed by atoms with Crippen molar-refractivity contribution in [2.24, 2.45) is 0 Å². The summed E-state index contributed by atoms with van der Waals surface area (Å²) in [6.07, 6.45) is 3.78. The van der Waals surface area contributed by atoms with Crippen LogP contribution in [0.3, 0.4) is 0 Å². The number of halogens is 1. The molecule has 29 heavy (non-hydrogen) atoms. The molecular formula is C26H27FO2. The Bertz CT molecular complexity index is 947. The molecule has 1 fully saturated rings. The first-order chi connectivity index (χ1) is 14.2. The van der Waals surface area contributed by atoms with Gasteiger partial charge in [-0.2, -0.15) is 0 Å². The first-order valence-electron chi connectivity index (χ1n) is 10.5. The summed E-state index contributed by atoms with van der Waals surface area (Å²) in [6, 6.07) is 21.3. The van der Waals surface area contributed by atoms with Crippen LogP contribution in [-0.4, -0.2) is 18.8 Å². The van der Waals surface area contributed by atoms with Crippen LogP contribution in [0.15, 0.2) is 66.7 Å². The van der Waals surface area contributed by atoms with Crippen LogP contribution in [0.2, 0.25) is 0 Å². The van der Waals surface area contributed by atoms with Gasteiger partial charge in [0.2, 0.25) is 0 Å². The van der Waals surface area contributed by atoms with E-state index >= 15 is 0 Å². The number of rotatable bonds is 8. The smallest absolute Gasteiger partial charge is 0.131 e. The number of benzene rings is 3. The second kappa shape index (κ2) is 8.79. The lowest BCUT2D eigenvalue weighted by Crippen LogP contribution is -2.07. The third kappa shape index (κ3) is 4.68. The summed E-state index contributed by atoms with van der Waals surface area (Å²) in [4.78, 5) is 0. The van der Waals surface area contributed by atoms with Gasteiger partial charge in [0.15, 0.2) is 0 Å². The Labute approximate surface area is 172 Å². The SMILES string of the molecule is CCCC1O[C@H]1COc1ccc(-c2ccc(-c3ccc(CC)cc3)cc2F)cc1. The summed E-state index contributed by atoms with van der Waals surface area (Å²) < 4.78 is 26.2. The summed E-state index contributed by atoms with van der Waals surface area (Å²) in [6.45, 7) is 4.86. The molecule has 0 spiro atoms. The zero-order valence-corrected chi connectivity index (χ0v) is 17.0. The lowest BCUT2D eigenvalue weighted by atomic mass is 9.98. The van der Waals surface area contributed by atoms with Gasteiger partial charge in [-0.25, -0.2) is 4.39 Å². The summed E-state index contributed by atoms with van der Waals surface area (Å²) in [5, 5.41) is 0. The lowest BCUT2D eigenvalue weighted by molar-refractivity contribution is 0.259. The normalized spacial score (nSPS) is 17.9. The van der Waals surface area contributed by atoms with Gasteiger partial charge in [0.25, 0.3) is 0 Å². The van der Waals surface area contributed by atoms with E-state index in [9.17, 15) is 4.39 Å². The Balaban J connectivity index is 1.42. The van der Waals surface area contributed by atoms with E-state index in [0.717, 1.165) is 41.7 Å². The van der Waals surface area contributed by atoms with Crippen LogP contribution in [0.4, 0.5) is 4.39 Å². The minimum Gasteiger partial charge on any atom is -0.491 e. The topological polar surface area (TPSA) is 21.8 Å². The zero-order chi connectivity index (χ0) is 20.2. The van der Waals surface area contributed by atoms with E-state index in [0.29, 0.717) is 18.3 Å². The van der Waals surface area contributed by atoms with Crippen LogP contribution in [0.1, 0.15) is 32.3 Å². The van der Waals surface area contributed by atoms with Crippen molar-refractivity contribution >= 4 is 0 Å². The highest BCUT2D eigenvalue weighted by molar-refractivity contribution is 5.71. The van der Waals surface area contributed by atoms with Crippen LogP contribution in [0.25, 0.3) is 22.3 Å². The molecule has 150 valence electrons. The Morgan fingerprint density at radius 2 is 1.52 bits per heavy atom. The number of epoxide rings is 1. The van der Waals surface area contributed by atoms with Crippen molar-refractivity contribution in [1.29, 1.82) is 0 Å². The van der Waals surface area contributed by atoms with Crippen molar-refractivity contribution in [3.8, 4) is 28.0 Å². The molecule has 4 rings (SSSR count). The molecule has 1 aliphatic heterocycles. The average Bonchev–Trinajstić information content (AvgIpc) is 3.51. The van der Waals surface area contributed by atoms with Crippen molar-refractivity contribution in [2.45, 2.75) is 45.3 Å². The lowest BCUT2D eigenvalue weighted by Gasteiger charge is -2.09. The predicted molar refractivity (Wildman–Crippen MR) is 116 cm³/mol. The third-order valence-electron chi connectivity index (χ3n) is 5.51. The molecule has 2 atom stereocenters. The van der Waals surface area contributed by atoms with E-state index in [1.165, 1.54) is 5.56 Å². The molecule has 0 bridgehead atoms. The maximum absolute atomic E-state index is 14.8. The molecule has 1 saturated heterocycles. The zero-order valence-electron chi connectivity index (χ0n) is 17.0. The van der Waals surface area contributed by atoms with Crippen LogP contribution in [-0.2, 0) is 11.2 Å². The highest BCUT2D eigenvalue weighted by Crippen LogP contribution is 2.30. The first-order valence-corrected chi connectivity index (χ1v) is 10.5. The average molecular weight is 390 g/mol. The molecule has 3 aromatic carbocycles. The van der Waals surface area contributed by atoms with E-state index in [1.54, 1.807) is 6.07 Å². The summed E-state index contributed by atoms with van der Waals surface area (Å²) in [5.41, 5.74) is 4.63. The van der Waals surface area contributed by atoms with E-state index in [1.807, 2.05) is 48.5 Å². The molecule has 0 amide bonds. The van der Waals surface area contributed by atoms with Crippen LogP contribution < -0.4 is 4.74 Å². The predicted octanol–water partition coefficient (Wildman–Crippen LogP) is 6.67.